The minimum Gasteiger partial charge on any atom is -0.369 e. The second-order valence-electron chi connectivity index (χ2n) is 2.75. The third-order valence-electron chi connectivity index (χ3n) is 1.86. The molecule has 1 aliphatic rings. The summed E-state index contributed by atoms with van der Waals surface area (Å²) in [6.45, 7) is 9.93. The summed E-state index contributed by atoms with van der Waals surface area (Å²) < 4.78 is 0. The van der Waals surface area contributed by atoms with Gasteiger partial charge in [-0.2, -0.15) is 0 Å². The Morgan fingerprint density at radius 3 is 1.90 bits per heavy atom. The van der Waals surface area contributed by atoms with E-state index in [1.807, 2.05) is 0 Å². The van der Waals surface area contributed by atoms with Gasteiger partial charge in [-0.1, -0.05) is 17.7 Å². The molecule has 0 aromatic rings. The van der Waals surface area contributed by atoms with Gasteiger partial charge in [0.15, 0.2) is 0 Å². The van der Waals surface area contributed by atoms with E-state index in [1.54, 1.807) is 0 Å². The predicted octanol–water partition coefficient (Wildman–Crippen LogP) is 0.987. The molecule has 1 aliphatic heterocycles. The lowest BCUT2D eigenvalue weighted by Crippen LogP contribution is -2.23. The van der Waals surface area contributed by atoms with Gasteiger partial charge in [-0.25, -0.2) is 0 Å². The molecule has 0 saturated heterocycles. The lowest BCUT2D eigenvalue weighted by atomic mass is 10.1. The van der Waals surface area contributed by atoms with Gasteiger partial charge in [0.05, 0.1) is 5.82 Å². The third-order valence-corrected chi connectivity index (χ3v) is 1.86. The zero-order valence-electron chi connectivity index (χ0n) is 6.62. The van der Waals surface area contributed by atoms with Crippen molar-refractivity contribution in [2.45, 2.75) is 13.8 Å². The second-order valence-corrected chi connectivity index (χ2v) is 2.75. The molecular weight excluding hydrogens is 124 g/mol. The number of rotatable bonds is 0. The average Bonchev–Trinajstić information content (AvgIpc) is 2.04. The van der Waals surface area contributed by atoms with E-state index >= 15 is 0 Å². The Labute approximate surface area is 62.0 Å². The van der Waals surface area contributed by atoms with E-state index in [4.69, 9.17) is 0 Å². The number of nitrogens with one attached hydrogen (secondary N) is 2. The van der Waals surface area contributed by atoms with E-state index in [-0.39, 0.29) is 0 Å². The Hall–Kier alpha value is -0.920. The summed E-state index contributed by atoms with van der Waals surface area (Å²) in [5, 5.41) is 6.32. The SMILES string of the molecule is C=C1NCC(C)=C(C)CN1. The van der Waals surface area contributed by atoms with Crippen molar-refractivity contribution in [2.75, 3.05) is 13.1 Å². The Morgan fingerprint density at radius 1 is 1.10 bits per heavy atom. The van der Waals surface area contributed by atoms with Crippen molar-refractivity contribution >= 4 is 0 Å². The van der Waals surface area contributed by atoms with Gasteiger partial charge in [0.2, 0.25) is 0 Å². The van der Waals surface area contributed by atoms with Crippen LogP contribution in [-0.2, 0) is 0 Å². The standard InChI is InChI=1S/C8H14N2/c1-6-4-9-8(3)10-5-7(6)2/h9-10H,3-5H2,1-2H3. The lowest BCUT2D eigenvalue weighted by Gasteiger charge is -2.04. The molecule has 0 amide bonds. The van der Waals surface area contributed by atoms with Gasteiger partial charge < -0.3 is 10.6 Å². The van der Waals surface area contributed by atoms with Crippen LogP contribution in [0.25, 0.3) is 0 Å². The molecule has 0 saturated carbocycles. The molecule has 0 unspecified atom stereocenters. The molecule has 0 radical (unpaired) electrons. The van der Waals surface area contributed by atoms with Gasteiger partial charge in [0.1, 0.15) is 0 Å². The highest BCUT2D eigenvalue weighted by Crippen LogP contribution is 2.04. The molecule has 0 aromatic heterocycles. The molecule has 0 spiro atoms. The summed E-state index contributed by atoms with van der Waals surface area (Å²) in [5.74, 6) is 0.927. The summed E-state index contributed by atoms with van der Waals surface area (Å²) in [6, 6.07) is 0. The van der Waals surface area contributed by atoms with Gasteiger partial charge in [-0.3, -0.25) is 0 Å². The monoisotopic (exact) mass is 138 g/mol. The summed E-state index contributed by atoms with van der Waals surface area (Å²) in [4.78, 5) is 0. The van der Waals surface area contributed by atoms with Gasteiger partial charge in [0.25, 0.3) is 0 Å². The maximum Gasteiger partial charge on any atom is 0.0917 e. The molecule has 2 nitrogen and oxygen atoms in total. The van der Waals surface area contributed by atoms with Gasteiger partial charge >= 0.3 is 0 Å². The van der Waals surface area contributed by atoms with Gasteiger partial charge in [-0.15, -0.1) is 0 Å². The Balaban J connectivity index is 2.64. The molecular formula is C8H14N2. The zero-order chi connectivity index (χ0) is 7.56. The van der Waals surface area contributed by atoms with Crippen LogP contribution in [0.5, 0.6) is 0 Å². The van der Waals surface area contributed by atoms with Crippen molar-refractivity contribution in [2.24, 2.45) is 0 Å². The Morgan fingerprint density at radius 2 is 1.50 bits per heavy atom. The maximum atomic E-state index is 3.79. The van der Waals surface area contributed by atoms with E-state index in [0.717, 1.165) is 18.9 Å². The van der Waals surface area contributed by atoms with Crippen molar-refractivity contribution in [1.82, 2.24) is 10.6 Å². The van der Waals surface area contributed by atoms with Crippen molar-refractivity contribution < 1.29 is 0 Å². The molecule has 0 aliphatic carbocycles. The fourth-order valence-corrected chi connectivity index (χ4v) is 0.843. The van der Waals surface area contributed by atoms with E-state index < -0.39 is 0 Å². The molecule has 0 atom stereocenters. The van der Waals surface area contributed by atoms with Crippen molar-refractivity contribution in [3.63, 3.8) is 0 Å². The van der Waals surface area contributed by atoms with Crippen molar-refractivity contribution in [3.05, 3.63) is 23.5 Å². The normalized spacial score (nSPS) is 19.6. The average molecular weight is 138 g/mol. The first kappa shape index (κ1) is 7.19. The third kappa shape index (κ3) is 1.53. The fourth-order valence-electron chi connectivity index (χ4n) is 0.843. The smallest absolute Gasteiger partial charge is 0.0917 e. The first-order valence-corrected chi connectivity index (χ1v) is 3.52. The van der Waals surface area contributed by atoms with Crippen LogP contribution in [0.4, 0.5) is 0 Å². The van der Waals surface area contributed by atoms with E-state index in [0.29, 0.717) is 0 Å². The Kier molecular flexibility index (Phi) is 2.00. The molecule has 1 heterocycles. The second kappa shape index (κ2) is 2.78. The fraction of sp³-hybridized carbons (Fsp3) is 0.500. The molecule has 0 aromatic carbocycles. The summed E-state index contributed by atoms with van der Waals surface area (Å²) >= 11 is 0. The molecule has 56 valence electrons. The number of hydrogen-bond acceptors (Lipinski definition) is 2. The van der Waals surface area contributed by atoms with Crippen LogP contribution in [0.3, 0.4) is 0 Å². The van der Waals surface area contributed by atoms with Crippen LogP contribution in [0.2, 0.25) is 0 Å². The largest absolute Gasteiger partial charge is 0.369 e. The molecule has 1 rings (SSSR count). The van der Waals surface area contributed by atoms with E-state index in [1.165, 1.54) is 11.1 Å². The highest BCUT2D eigenvalue weighted by molar-refractivity contribution is 5.17. The van der Waals surface area contributed by atoms with Crippen LogP contribution in [0.1, 0.15) is 13.8 Å². The quantitative estimate of drug-likeness (QED) is 0.488. The first-order chi connectivity index (χ1) is 4.70. The highest BCUT2D eigenvalue weighted by atomic mass is 15.1. The highest BCUT2D eigenvalue weighted by Gasteiger charge is 2.02. The van der Waals surface area contributed by atoms with E-state index in [2.05, 4.69) is 31.1 Å². The predicted molar refractivity (Wildman–Crippen MR) is 43.5 cm³/mol. The topological polar surface area (TPSA) is 24.1 Å². The Bertz CT molecular complexity index is 162. The summed E-state index contributed by atoms with van der Waals surface area (Å²) in [5.41, 5.74) is 2.82. The molecule has 0 bridgehead atoms. The molecule has 2 heteroatoms. The van der Waals surface area contributed by atoms with Crippen LogP contribution < -0.4 is 10.6 Å². The van der Waals surface area contributed by atoms with Crippen LogP contribution in [0, 0.1) is 0 Å². The molecule has 2 N–H and O–H groups in total. The zero-order valence-corrected chi connectivity index (χ0v) is 6.62. The summed E-state index contributed by atoms with van der Waals surface area (Å²) in [6.07, 6.45) is 0. The lowest BCUT2D eigenvalue weighted by molar-refractivity contribution is 0.777. The minimum absolute atomic E-state index is 0.927. The van der Waals surface area contributed by atoms with Crippen molar-refractivity contribution in [3.8, 4) is 0 Å². The first-order valence-electron chi connectivity index (χ1n) is 3.52. The van der Waals surface area contributed by atoms with E-state index in [9.17, 15) is 0 Å². The van der Waals surface area contributed by atoms with Gasteiger partial charge in [-0.05, 0) is 13.8 Å². The summed E-state index contributed by atoms with van der Waals surface area (Å²) in [7, 11) is 0. The minimum atomic E-state index is 0.927. The molecule has 10 heavy (non-hydrogen) atoms. The van der Waals surface area contributed by atoms with Crippen LogP contribution >= 0.6 is 0 Å². The van der Waals surface area contributed by atoms with Crippen LogP contribution in [-0.4, -0.2) is 13.1 Å². The van der Waals surface area contributed by atoms with Crippen molar-refractivity contribution in [1.29, 1.82) is 0 Å². The molecule has 0 fully saturated rings. The maximum absolute atomic E-state index is 3.79. The van der Waals surface area contributed by atoms with Gasteiger partial charge in [0, 0.05) is 13.1 Å². The van der Waals surface area contributed by atoms with Crippen LogP contribution in [0.15, 0.2) is 23.5 Å². The number of hydrogen-bond donors (Lipinski definition) is 2.